The molecule has 80 valence electrons. The number of halogens is 1. The van der Waals surface area contributed by atoms with Gasteiger partial charge in [0.25, 0.3) is 0 Å². The lowest BCUT2D eigenvalue weighted by Gasteiger charge is -2.05. The highest BCUT2D eigenvalue weighted by molar-refractivity contribution is 6.34. The first-order chi connectivity index (χ1) is 6.91. The summed E-state index contributed by atoms with van der Waals surface area (Å²) in [6.07, 6.45) is -0.170. The van der Waals surface area contributed by atoms with E-state index in [0.717, 1.165) is 5.56 Å². The Morgan fingerprint density at radius 2 is 2.07 bits per heavy atom. The van der Waals surface area contributed by atoms with E-state index in [-0.39, 0.29) is 6.42 Å². The number of rotatable bonds is 3. The number of nitrogen functional groups attached to an aromatic ring is 1. The number of benzene rings is 1. The lowest BCUT2D eigenvalue weighted by Crippen LogP contribution is -2.15. The van der Waals surface area contributed by atoms with Crippen molar-refractivity contribution >= 4 is 29.0 Å². The summed E-state index contributed by atoms with van der Waals surface area (Å²) in [5.41, 5.74) is 7.34. The normalized spacial score (nSPS) is 10.0. The number of nitrogens with two attached hydrogens (primary N) is 1. The number of hydrogen-bond donors (Lipinski definition) is 2. The van der Waals surface area contributed by atoms with E-state index >= 15 is 0 Å². The number of aryl methyl sites for hydroxylation is 1. The SMILES string of the molecule is Cc1cc(CC(=O)C(=O)O)cc(Cl)c1N. The van der Waals surface area contributed by atoms with E-state index in [1.807, 2.05) is 0 Å². The molecule has 0 bridgehead atoms. The largest absolute Gasteiger partial charge is 0.475 e. The van der Waals surface area contributed by atoms with Gasteiger partial charge in [0.05, 0.1) is 10.7 Å². The Morgan fingerprint density at radius 1 is 1.47 bits per heavy atom. The first-order valence-electron chi connectivity index (χ1n) is 4.22. The summed E-state index contributed by atoms with van der Waals surface area (Å²) in [6, 6.07) is 3.16. The molecule has 1 aromatic rings. The molecule has 5 heteroatoms. The molecule has 15 heavy (non-hydrogen) atoms. The second-order valence-electron chi connectivity index (χ2n) is 3.21. The molecule has 0 saturated heterocycles. The molecule has 0 aromatic heterocycles. The maximum absolute atomic E-state index is 10.9. The monoisotopic (exact) mass is 227 g/mol. The molecule has 0 aliphatic rings. The highest BCUT2D eigenvalue weighted by Gasteiger charge is 2.13. The van der Waals surface area contributed by atoms with Gasteiger partial charge in [0.15, 0.2) is 0 Å². The second-order valence-corrected chi connectivity index (χ2v) is 3.62. The molecule has 0 heterocycles. The standard InChI is InChI=1S/C10H10ClNO3/c1-5-2-6(3-7(11)9(5)12)4-8(13)10(14)15/h2-3H,4,12H2,1H3,(H,14,15). The van der Waals surface area contributed by atoms with Crippen LogP contribution in [0.4, 0.5) is 5.69 Å². The van der Waals surface area contributed by atoms with Crippen LogP contribution in [0.15, 0.2) is 12.1 Å². The van der Waals surface area contributed by atoms with Crippen molar-refractivity contribution in [2.24, 2.45) is 0 Å². The zero-order valence-electron chi connectivity index (χ0n) is 8.08. The van der Waals surface area contributed by atoms with E-state index in [9.17, 15) is 9.59 Å². The van der Waals surface area contributed by atoms with E-state index in [0.29, 0.717) is 16.3 Å². The van der Waals surface area contributed by atoms with Gasteiger partial charge in [0.1, 0.15) is 0 Å². The van der Waals surface area contributed by atoms with Gasteiger partial charge in [0.2, 0.25) is 5.78 Å². The fourth-order valence-electron chi connectivity index (χ4n) is 1.19. The number of carbonyl (C=O) groups is 2. The Bertz CT molecular complexity index is 406. The summed E-state index contributed by atoms with van der Waals surface area (Å²) in [7, 11) is 0. The Labute approximate surface area is 91.7 Å². The quantitative estimate of drug-likeness (QED) is 0.605. The number of ketones is 1. The average Bonchev–Trinajstić information content (AvgIpc) is 2.13. The van der Waals surface area contributed by atoms with Gasteiger partial charge < -0.3 is 10.8 Å². The first-order valence-corrected chi connectivity index (χ1v) is 4.60. The minimum atomic E-state index is -1.44. The van der Waals surface area contributed by atoms with Crippen LogP contribution in [0.3, 0.4) is 0 Å². The smallest absolute Gasteiger partial charge is 0.372 e. The molecule has 0 spiro atoms. The van der Waals surface area contributed by atoms with Crippen molar-refractivity contribution in [3.8, 4) is 0 Å². The predicted octanol–water partition coefficient (Wildman–Crippen LogP) is 1.43. The van der Waals surface area contributed by atoms with Crippen molar-refractivity contribution in [3.05, 3.63) is 28.3 Å². The molecule has 0 amide bonds. The van der Waals surface area contributed by atoms with Crippen molar-refractivity contribution in [3.63, 3.8) is 0 Å². The third-order valence-electron chi connectivity index (χ3n) is 2.00. The minimum Gasteiger partial charge on any atom is -0.475 e. The summed E-state index contributed by atoms with van der Waals surface area (Å²) >= 11 is 5.80. The number of carboxylic acid groups (broad SMARTS) is 1. The van der Waals surface area contributed by atoms with Gasteiger partial charge in [0, 0.05) is 6.42 Å². The molecule has 0 radical (unpaired) electrons. The minimum absolute atomic E-state index is 0.170. The number of carbonyl (C=O) groups excluding carboxylic acids is 1. The van der Waals surface area contributed by atoms with Crippen molar-refractivity contribution in [1.82, 2.24) is 0 Å². The maximum Gasteiger partial charge on any atom is 0.372 e. The van der Waals surface area contributed by atoms with Crippen LogP contribution in [0.25, 0.3) is 0 Å². The molecule has 3 N–H and O–H groups in total. The summed E-state index contributed by atoms with van der Waals surface area (Å²) in [4.78, 5) is 21.3. The van der Waals surface area contributed by atoms with Crippen molar-refractivity contribution in [2.75, 3.05) is 5.73 Å². The van der Waals surface area contributed by atoms with Crippen molar-refractivity contribution in [1.29, 1.82) is 0 Å². The van der Waals surface area contributed by atoms with E-state index in [4.69, 9.17) is 22.4 Å². The zero-order valence-corrected chi connectivity index (χ0v) is 8.84. The van der Waals surface area contributed by atoms with Crippen LogP contribution in [-0.4, -0.2) is 16.9 Å². The van der Waals surface area contributed by atoms with Gasteiger partial charge in [-0.25, -0.2) is 4.79 Å². The van der Waals surface area contributed by atoms with Crippen LogP contribution in [0, 0.1) is 6.92 Å². The molecule has 1 aromatic carbocycles. The van der Waals surface area contributed by atoms with Crippen LogP contribution in [0.2, 0.25) is 5.02 Å². The van der Waals surface area contributed by atoms with Gasteiger partial charge in [-0.15, -0.1) is 0 Å². The summed E-state index contributed by atoms with van der Waals surface area (Å²) < 4.78 is 0. The van der Waals surface area contributed by atoms with Crippen LogP contribution < -0.4 is 5.73 Å². The van der Waals surface area contributed by atoms with E-state index in [2.05, 4.69) is 0 Å². The number of aliphatic carboxylic acids is 1. The van der Waals surface area contributed by atoms with Crippen molar-refractivity contribution < 1.29 is 14.7 Å². The summed E-state index contributed by atoms with van der Waals surface area (Å²) in [6.45, 7) is 1.75. The van der Waals surface area contributed by atoms with Crippen LogP contribution in [0.5, 0.6) is 0 Å². The molecule has 0 aliphatic heterocycles. The second kappa shape index (κ2) is 4.31. The molecule has 4 nitrogen and oxygen atoms in total. The third kappa shape index (κ3) is 2.70. The van der Waals surface area contributed by atoms with Crippen molar-refractivity contribution in [2.45, 2.75) is 13.3 Å². The Kier molecular flexibility index (Phi) is 3.31. The molecule has 0 saturated carbocycles. The Hall–Kier alpha value is -1.55. The average molecular weight is 228 g/mol. The number of carboxylic acids is 1. The highest BCUT2D eigenvalue weighted by Crippen LogP contribution is 2.24. The number of anilines is 1. The molecule has 1 rings (SSSR count). The topological polar surface area (TPSA) is 80.4 Å². The van der Waals surface area contributed by atoms with Gasteiger partial charge in [-0.1, -0.05) is 17.7 Å². The van der Waals surface area contributed by atoms with Gasteiger partial charge in [-0.3, -0.25) is 4.79 Å². The lowest BCUT2D eigenvalue weighted by molar-refractivity contribution is -0.148. The van der Waals surface area contributed by atoms with Gasteiger partial charge >= 0.3 is 5.97 Å². The number of hydrogen-bond acceptors (Lipinski definition) is 3. The van der Waals surface area contributed by atoms with E-state index in [1.165, 1.54) is 6.07 Å². The lowest BCUT2D eigenvalue weighted by atomic mass is 10.1. The molecule has 0 atom stereocenters. The third-order valence-corrected chi connectivity index (χ3v) is 2.31. The molecular formula is C10H10ClNO3. The van der Waals surface area contributed by atoms with Crippen LogP contribution >= 0.6 is 11.6 Å². The number of Topliss-reactive ketones (excluding diaryl/α,β-unsaturated/α-hetero) is 1. The Balaban J connectivity index is 2.98. The first kappa shape index (κ1) is 11.5. The Morgan fingerprint density at radius 3 is 2.53 bits per heavy atom. The fraction of sp³-hybridized carbons (Fsp3) is 0.200. The highest BCUT2D eigenvalue weighted by atomic mass is 35.5. The van der Waals surface area contributed by atoms with E-state index in [1.54, 1.807) is 13.0 Å². The van der Waals surface area contributed by atoms with Crippen LogP contribution in [0.1, 0.15) is 11.1 Å². The summed E-state index contributed by atoms with van der Waals surface area (Å²) in [5.74, 6) is -2.31. The fourth-order valence-corrected chi connectivity index (χ4v) is 1.48. The zero-order chi connectivity index (χ0) is 11.6. The maximum atomic E-state index is 10.9. The molecule has 0 aliphatic carbocycles. The van der Waals surface area contributed by atoms with Gasteiger partial charge in [-0.05, 0) is 24.1 Å². The summed E-state index contributed by atoms with van der Waals surface area (Å²) in [5, 5.41) is 8.77. The van der Waals surface area contributed by atoms with E-state index < -0.39 is 11.8 Å². The van der Waals surface area contributed by atoms with Gasteiger partial charge in [-0.2, -0.15) is 0 Å². The predicted molar refractivity (Wildman–Crippen MR) is 56.9 cm³/mol. The van der Waals surface area contributed by atoms with Crippen LogP contribution in [-0.2, 0) is 16.0 Å². The molecule has 0 unspecified atom stereocenters. The molecular weight excluding hydrogens is 218 g/mol. The molecule has 0 fully saturated rings.